The molecule has 0 radical (unpaired) electrons. The van der Waals surface area contributed by atoms with Gasteiger partial charge in [-0.15, -0.1) is 10.2 Å². The summed E-state index contributed by atoms with van der Waals surface area (Å²) in [5, 5.41) is 9.34. The maximum absolute atomic E-state index is 12.4. The summed E-state index contributed by atoms with van der Waals surface area (Å²) >= 11 is 4.57. The smallest absolute Gasteiger partial charge is 0.269 e. The van der Waals surface area contributed by atoms with E-state index in [2.05, 4.69) is 37.0 Å². The zero-order valence-corrected chi connectivity index (χ0v) is 21.0. The third-order valence-electron chi connectivity index (χ3n) is 4.96. The van der Waals surface area contributed by atoms with Crippen molar-refractivity contribution in [3.8, 4) is 17.1 Å². The number of aryl methyl sites for hydroxylation is 2. The minimum atomic E-state index is -0.393. The van der Waals surface area contributed by atoms with E-state index in [1.165, 1.54) is 11.8 Å². The van der Waals surface area contributed by atoms with Crippen molar-refractivity contribution >= 4 is 39.5 Å². The number of thioether (sulfide) groups is 1. The average Bonchev–Trinajstić information content (AvgIpc) is 3.26. The number of hydrogen-bond donors (Lipinski definition) is 2. The van der Waals surface area contributed by atoms with Gasteiger partial charge < -0.3 is 0 Å². The number of carbonyl (C=O) groups excluding carboxylic acids is 2. The number of hydrogen-bond acceptors (Lipinski definition) is 5. The van der Waals surface area contributed by atoms with Gasteiger partial charge in [0.1, 0.15) is 0 Å². The van der Waals surface area contributed by atoms with Crippen LogP contribution in [-0.2, 0) is 4.79 Å². The number of aromatic nitrogens is 3. The summed E-state index contributed by atoms with van der Waals surface area (Å²) in [6.45, 7) is 4.05. The van der Waals surface area contributed by atoms with Gasteiger partial charge in [0.2, 0.25) is 5.91 Å². The summed E-state index contributed by atoms with van der Waals surface area (Å²) < 4.78 is 2.80. The van der Waals surface area contributed by atoms with Crippen LogP contribution in [0, 0.1) is 13.8 Å². The topological polar surface area (TPSA) is 88.9 Å². The minimum absolute atomic E-state index is 0.0540. The molecule has 3 aromatic carbocycles. The second-order valence-corrected chi connectivity index (χ2v) is 9.50. The first kappa shape index (κ1) is 23.7. The monoisotopic (exact) mass is 535 g/mol. The molecule has 0 fully saturated rings. The lowest BCUT2D eigenvalue weighted by Crippen LogP contribution is -2.42. The Morgan fingerprint density at radius 2 is 1.65 bits per heavy atom. The fourth-order valence-corrected chi connectivity index (χ4v) is 4.24. The zero-order valence-electron chi connectivity index (χ0n) is 18.6. The molecule has 7 nitrogen and oxygen atoms in total. The number of halogens is 1. The summed E-state index contributed by atoms with van der Waals surface area (Å²) in [5.74, 6) is -0.00116. The third-order valence-corrected chi connectivity index (χ3v) is 6.41. The first-order valence-electron chi connectivity index (χ1n) is 10.5. The Labute approximate surface area is 210 Å². The fraction of sp³-hybridized carbons (Fsp3) is 0.120. The molecule has 0 bridgehead atoms. The third kappa shape index (κ3) is 5.73. The van der Waals surface area contributed by atoms with Crippen LogP contribution in [0.25, 0.3) is 17.1 Å². The largest absolute Gasteiger partial charge is 0.272 e. The molecule has 0 aliphatic rings. The van der Waals surface area contributed by atoms with Crippen LogP contribution in [0.5, 0.6) is 0 Å². The van der Waals surface area contributed by atoms with Gasteiger partial charge in [-0.25, -0.2) is 0 Å². The molecule has 172 valence electrons. The first-order chi connectivity index (χ1) is 16.4. The molecular formula is C25H22BrN5O2S. The van der Waals surface area contributed by atoms with E-state index in [9.17, 15) is 9.59 Å². The van der Waals surface area contributed by atoms with E-state index < -0.39 is 5.91 Å². The van der Waals surface area contributed by atoms with Crippen LogP contribution in [-0.4, -0.2) is 32.3 Å². The summed E-state index contributed by atoms with van der Waals surface area (Å²) in [4.78, 5) is 24.6. The summed E-state index contributed by atoms with van der Waals surface area (Å²) in [6, 6.07) is 22.9. The zero-order chi connectivity index (χ0) is 24.1. The maximum Gasteiger partial charge on any atom is 0.269 e. The highest BCUT2D eigenvalue weighted by molar-refractivity contribution is 9.10. The number of carbonyl (C=O) groups is 2. The van der Waals surface area contributed by atoms with Crippen LogP contribution < -0.4 is 10.9 Å². The van der Waals surface area contributed by atoms with Crippen molar-refractivity contribution in [2.24, 2.45) is 0 Å². The van der Waals surface area contributed by atoms with E-state index in [1.54, 1.807) is 24.3 Å². The van der Waals surface area contributed by atoms with E-state index in [0.29, 0.717) is 16.5 Å². The Balaban J connectivity index is 1.49. The molecule has 0 saturated heterocycles. The average molecular weight is 536 g/mol. The summed E-state index contributed by atoms with van der Waals surface area (Å²) in [7, 11) is 0. The standard InChI is InChI=1S/C25H22BrN5O2S/c1-16-6-12-21(13-7-16)31-23(19-5-3-4-17(2)14-19)28-30-25(31)34-15-22(32)27-29-24(33)18-8-10-20(26)11-9-18/h3-14H,15H2,1-2H3,(H,27,32)(H,29,33). The van der Waals surface area contributed by atoms with Crippen molar-refractivity contribution in [3.05, 3.63) is 94.0 Å². The predicted octanol–water partition coefficient (Wildman–Crippen LogP) is 4.87. The number of nitrogens with one attached hydrogen (secondary N) is 2. The van der Waals surface area contributed by atoms with E-state index in [1.807, 2.05) is 66.9 Å². The highest BCUT2D eigenvalue weighted by Crippen LogP contribution is 2.28. The molecule has 0 spiro atoms. The second-order valence-electron chi connectivity index (χ2n) is 7.64. The number of nitrogens with zero attached hydrogens (tertiary/aromatic N) is 3. The quantitative estimate of drug-likeness (QED) is 0.271. The van der Waals surface area contributed by atoms with Crippen LogP contribution in [0.2, 0.25) is 0 Å². The maximum atomic E-state index is 12.4. The van der Waals surface area contributed by atoms with E-state index in [0.717, 1.165) is 26.9 Å². The molecule has 1 aromatic heterocycles. The number of benzene rings is 3. The van der Waals surface area contributed by atoms with Gasteiger partial charge in [0, 0.05) is 21.3 Å². The van der Waals surface area contributed by atoms with Gasteiger partial charge in [0.25, 0.3) is 5.91 Å². The molecule has 4 rings (SSSR count). The molecule has 34 heavy (non-hydrogen) atoms. The molecule has 4 aromatic rings. The van der Waals surface area contributed by atoms with Crippen molar-refractivity contribution in [1.82, 2.24) is 25.6 Å². The number of hydrazine groups is 1. The molecular weight excluding hydrogens is 514 g/mol. The molecule has 9 heteroatoms. The number of amides is 2. The highest BCUT2D eigenvalue weighted by atomic mass is 79.9. The molecule has 2 amide bonds. The normalized spacial score (nSPS) is 10.7. The Morgan fingerprint density at radius 3 is 2.35 bits per heavy atom. The minimum Gasteiger partial charge on any atom is -0.272 e. The second kappa shape index (κ2) is 10.7. The van der Waals surface area contributed by atoms with Crippen molar-refractivity contribution in [1.29, 1.82) is 0 Å². The summed E-state index contributed by atoms with van der Waals surface area (Å²) in [5.41, 5.74) is 9.42. The Kier molecular flexibility index (Phi) is 7.44. The van der Waals surface area contributed by atoms with Gasteiger partial charge in [-0.2, -0.15) is 0 Å². The van der Waals surface area contributed by atoms with E-state index >= 15 is 0 Å². The van der Waals surface area contributed by atoms with Crippen molar-refractivity contribution < 1.29 is 9.59 Å². The molecule has 2 N–H and O–H groups in total. The van der Waals surface area contributed by atoms with E-state index in [4.69, 9.17) is 0 Å². The SMILES string of the molecule is Cc1ccc(-n2c(SCC(=O)NNC(=O)c3ccc(Br)cc3)nnc2-c2cccc(C)c2)cc1. The van der Waals surface area contributed by atoms with Crippen LogP contribution >= 0.6 is 27.7 Å². The summed E-state index contributed by atoms with van der Waals surface area (Å²) in [6.07, 6.45) is 0. The van der Waals surface area contributed by atoms with Crippen molar-refractivity contribution in [3.63, 3.8) is 0 Å². The van der Waals surface area contributed by atoms with E-state index in [-0.39, 0.29) is 11.7 Å². The van der Waals surface area contributed by atoms with Crippen molar-refractivity contribution in [2.75, 3.05) is 5.75 Å². The van der Waals surface area contributed by atoms with Crippen LogP contribution in [0.15, 0.2) is 82.4 Å². The number of rotatable bonds is 6. The molecule has 1 heterocycles. The van der Waals surface area contributed by atoms with Gasteiger partial charge in [0.05, 0.1) is 5.75 Å². The van der Waals surface area contributed by atoms with Crippen LogP contribution in [0.4, 0.5) is 0 Å². The predicted molar refractivity (Wildman–Crippen MR) is 137 cm³/mol. The molecule has 0 atom stereocenters. The van der Waals surface area contributed by atoms with Gasteiger partial charge in [0.15, 0.2) is 11.0 Å². The van der Waals surface area contributed by atoms with Crippen LogP contribution in [0.1, 0.15) is 21.5 Å². The highest BCUT2D eigenvalue weighted by Gasteiger charge is 2.18. The Hall–Kier alpha value is -3.43. The molecule has 0 saturated carbocycles. The molecule has 0 aliphatic heterocycles. The lowest BCUT2D eigenvalue weighted by Gasteiger charge is -2.11. The van der Waals surface area contributed by atoms with Gasteiger partial charge in [-0.05, 0) is 56.3 Å². The van der Waals surface area contributed by atoms with Gasteiger partial charge in [-0.3, -0.25) is 25.0 Å². The van der Waals surface area contributed by atoms with Gasteiger partial charge in [-0.1, -0.05) is 69.2 Å². The first-order valence-corrected chi connectivity index (χ1v) is 12.3. The van der Waals surface area contributed by atoms with Crippen molar-refractivity contribution in [2.45, 2.75) is 19.0 Å². The Morgan fingerprint density at radius 1 is 0.912 bits per heavy atom. The fourth-order valence-electron chi connectivity index (χ4n) is 3.23. The Bertz CT molecular complexity index is 1320. The van der Waals surface area contributed by atoms with Gasteiger partial charge >= 0.3 is 0 Å². The molecule has 0 unspecified atom stereocenters. The lowest BCUT2D eigenvalue weighted by molar-refractivity contribution is -0.119. The molecule has 0 aliphatic carbocycles. The van der Waals surface area contributed by atoms with Crippen LogP contribution in [0.3, 0.4) is 0 Å². The lowest BCUT2D eigenvalue weighted by atomic mass is 10.1.